The van der Waals surface area contributed by atoms with Gasteiger partial charge in [0.25, 0.3) is 0 Å². The summed E-state index contributed by atoms with van der Waals surface area (Å²) in [7, 11) is 0. The number of benzene rings is 2. The Morgan fingerprint density at radius 2 is 1.90 bits per heavy atom. The number of fused-ring (bicyclic) bond motifs is 1. The molecule has 30 heavy (non-hydrogen) atoms. The molecule has 1 fully saturated rings. The molecule has 0 unspecified atom stereocenters. The fourth-order valence-electron chi connectivity index (χ4n) is 3.58. The molecule has 0 aliphatic carbocycles. The zero-order chi connectivity index (χ0) is 20.2. The van der Waals surface area contributed by atoms with Gasteiger partial charge in [-0.15, -0.1) is 17.0 Å². The molecule has 162 valence electrons. The van der Waals surface area contributed by atoms with Crippen LogP contribution in [0.4, 0.5) is 15.2 Å². The van der Waals surface area contributed by atoms with E-state index >= 15 is 0 Å². The molecule has 8 heteroatoms. The molecule has 1 aromatic heterocycles. The summed E-state index contributed by atoms with van der Waals surface area (Å²) in [4.78, 5) is 9.39. The molecule has 3 aromatic rings. The number of halogens is 2. The minimum absolute atomic E-state index is 0. The Morgan fingerprint density at radius 3 is 2.67 bits per heavy atom. The van der Waals surface area contributed by atoms with Gasteiger partial charge in [-0.25, -0.2) is 9.37 Å². The summed E-state index contributed by atoms with van der Waals surface area (Å²) in [6, 6.07) is 13.0. The number of anilines is 2. The van der Waals surface area contributed by atoms with E-state index in [0.717, 1.165) is 60.4 Å². The van der Waals surface area contributed by atoms with Gasteiger partial charge >= 0.3 is 0 Å². The normalized spacial score (nSPS) is 14.7. The van der Waals surface area contributed by atoms with Crippen molar-refractivity contribution < 1.29 is 9.13 Å². The maximum absolute atomic E-state index is 13.3. The van der Waals surface area contributed by atoms with E-state index in [2.05, 4.69) is 52.1 Å². The molecule has 4 rings (SSSR count). The van der Waals surface area contributed by atoms with Crippen molar-refractivity contribution in [1.82, 2.24) is 9.88 Å². The molecule has 5 nitrogen and oxygen atoms in total. The maximum atomic E-state index is 13.3. The monoisotopic (exact) mass is 494 g/mol. The molecule has 1 aliphatic heterocycles. The van der Waals surface area contributed by atoms with E-state index in [4.69, 9.17) is 4.74 Å². The summed E-state index contributed by atoms with van der Waals surface area (Å²) in [5, 5.41) is 4.24. The number of hydrogen-bond acceptors (Lipinski definition) is 6. The summed E-state index contributed by atoms with van der Waals surface area (Å²) in [5.74, 6) is 0.746. The van der Waals surface area contributed by atoms with E-state index < -0.39 is 0 Å². The standard InChI is InChI=1S/C22H27FN4OS.BrH/c1-16(2)28-20-6-4-3-5-19(20)27-13-11-26(12-14-27)10-9-24-22-25-18-8-7-17(23)15-21(18)29-22;/h3-8,15-16H,9-14H2,1-2H3,(H,24,25);1H. The smallest absolute Gasteiger partial charge is 0.183 e. The highest BCUT2D eigenvalue weighted by Crippen LogP contribution is 2.30. The lowest BCUT2D eigenvalue weighted by molar-refractivity contribution is 0.239. The van der Waals surface area contributed by atoms with Crippen molar-refractivity contribution >= 4 is 49.4 Å². The molecule has 0 bridgehead atoms. The largest absolute Gasteiger partial charge is 0.489 e. The number of rotatable bonds is 7. The van der Waals surface area contributed by atoms with Crippen LogP contribution in [0.15, 0.2) is 42.5 Å². The van der Waals surface area contributed by atoms with Crippen LogP contribution in [-0.2, 0) is 0 Å². The minimum Gasteiger partial charge on any atom is -0.489 e. The van der Waals surface area contributed by atoms with Crippen LogP contribution < -0.4 is 15.0 Å². The predicted molar refractivity (Wildman–Crippen MR) is 129 cm³/mol. The molecular formula is C22H28BrFN4OS. The van der Waals surface area contributed by atoms with E-state index in [1.807, 2.05) is 6.07 Å². The van der Waals surface area contributed by atoms with Crippen molar-refractivity contribution in [2.75, 3.05) is 49.5 Å². The molecule has 1 aliphatic rings. The van der Waals surface area contributed by atoms with Crippen molar-refractivity contribution in [1.29, 1.82) is 0 Å². The van der Waals surface area contributed by atoms with Gasteiger partial charge in [-0.2, -0.15) is 0 Å². The zero-order valence-corrected chi connectivity index (χ0v) is 19.8. The van der Waals surface area contributed by atoms with Gasteiger partial charge in [-0.1, -0.05) is 23.5 Å². The highest BCUT2D eigenvalue weighted by atomic mass is 79.9. The van der Waals surface area contributed by atoms with Crippen LogP contribution in [0.1, 0.15) is 13.8 Å². The molecule has 2 heterocycles. The molecule has 0 atom stereocenters. The highest BCUT2D eigenvalue weighted by molar-refractivity contribution is 8.93. The molecule has 0 radical (unpaired) electrons. The van der Waals surface area contributed by atoms with Gasteiger partial charge in [0.05, 0.1) is 22.0 Å². The third-order valence-electron chi connectivity index (χ3n) is 5.00. The van der Waals surface area contributed by atoms with Crippen LogP contribution in [0.3, 0.4) is 0 Å². The van der Waals surface area contributed by atoms with Crippen LogP contribution in [0.2, 0.25) is 0 Å². The van der Waals surface area contributed by atoms with Crippen LogP contribution in [-0.4, -0.2) is 55.3 Å². The Labute approximate surface area is 191 Å². The van der Waals surface area contributed by atoms with E-state index in [0.29, 0.717) is 0 Å². The summed E-state index contributed by atoms with van der Waals surface area (Å²) in [6.07, 6.45) is 0.169. The van der Waals surface area contributed by atoms with E-state index in [1.54, 1.807) is 6.07 Å². The first-order valence-electron chi connectivity index (χ1n) is 10.1. The molecule has 0 amide bonds. The molecular weight excluding hydrogens is 467 g/mol. The Bertz CT molecular complexity index is 959. The van der Waals surface area contributed by atoms with Gasteiger partial charge in [0.15, 0.2) is 5.13 Å². The molecule has 1 saturated heterocycles. The van der Waals surface area contributed by atoms with Crippen molar-refractivity contribution in [3.05, 3.63) is 48.3 Å². The Hall–Kier alpha value is -1.90. The summed E-state index contributed by atoms with van der Waals surface area (Å²) >= 11 is 1.50. The second-order valence-corrected chi connectivity index (χ2v) is 8.55. The lowest BCUT2D eigenvalue weighted by Crippen LogP contribution is -2.47. The number of thiazole rings is 1. The predicted octanol–water partition coefficient (Wildman–Crippen LogP) is 5.03. The fraction of sp³-hybridized carbons (Fsp3) is 0.409. The Morgan fingerprint density at radius 1 is 1.13 bits per heavy atom. The van der Waals surface area contributed by atoms with Gasteiger partial charge in [0.2, 0.25) is 0 Å². The number of hydrogen-bond donors (Lipinski definition) is 1. The average Bonchev–Trinajstić information content (AvgIpc) is 3.10. The van der Waals surface area contributed by atoms with Crippen LogP contribution in [0, 0.1) is 5.82 Å². The van der Waals surface area contributed by atoms with Gasteiger partial charge in [-0.05, 0) is 44.2 Å². The van der Waals surface area contributed by atoms with Crippen molar-refractivity contribution in [3.8, 4) is 5.75 Å². The molecule has 2 aromatic carbocycles. The maximum Gasteiger partial charge on any atom is 0.183 e. The van der Waals surface area contributed by atoms with Gasteiger partial charge in [0, 0.05) is 39.3 Å². The SMILES string of the molecule is Br.CC(C)Oc1ccccc1N1CCN(CCNc2nc3ccc(F)cc3s2)CC1. The first kappa shape index (κ1) is 22.8. The van der Waals surface area contributed by atoms with Crippen molar-refractivity contribution in [2.45, 2.75) is 20.0 Å². The van der Waals surface area contributed by atoms with Crippen LogP contribution in [0.5, 0.6) is 5.75 Å². The topological polar surface area (TPSA) is 40.6 Å². The fourth-order valence-corrected chi connectivity index (χ4v) is 4.50. The van der Waals surface area contributed by atoms with Gasteiger partial charge in [-0.3, -0.25) is 4.90 Å². The minimum atomic E-state index is -0.217. The van der Waals surface area contributed by atoms with Gasteiger partial charge < -0.3 is 15.0 Å². The summed E-state index contributed by atoms with van der Waals surface area (Å²) in [6.45, 7) is 9.91. The highest BCUT2D eigenvalue weighted by Gasteiger charge is 2.19. The Balaban J connectivity index is 0.00000256. The first-order chi connectivity index (χ1) is 14.1. The van der Waals surface area contributed by atoms with Crippen molar-refractivity contribution in [3.63, 3.8) is 0 Å². The number of para-hydroxylation sites is 2. The zero-order valence-electron chi connectivity index (χ0n) is 17.3. The third-order valence-corrected chi connectivity index (χ3v) is 5.97. The molecule has 0 saturated carbocycles. The number of nitrogens with one attached hydrogen (secondary N) is 1. The lowest BCUT2D eigenvalue weighted by Gasteiger charge is -2.36. The van der Waals surface area contributed by atoms with E-state index in [9.17, 15) is 4.39 Å². The second kappa shape index (κ2) is 10.4. The Kier molecular flexibility index (Phi) is 7.91. The molecule has 1 N–H and O–H groups in total. The number of ether oxygens (including phenoxy) is 1. The second-order valence-electron chi connectivity index (χ2n) is 7.52. The third kappa shape index (κ3) is 5.62. The van der Waals surface area contributed by atoms with E-state index in [-0.39, 0.29) is 28.9 Å². The summed E-state index contributed by atoms with van der Waals surface area (Å²) in [5.41, 5.74) is 2.02. The summed E-state index contributed by atoms with van der Waals surface area (Å²) < 4.78 is 20.2. The van der Waals surface area contributed by atoms with E-state index in [1.165, 1.54) is 29.2 Å². The number of nitrogens with zero attached hydrogens (tertiary/aromatic N) is 3. The lowest BCUT2D eigenvalue weighted by atomic mass is 10.2. The van der Waals surface area contributed by atoms with Crippen LogP contribution >= 0.6 is 28.3 Å². The van der Waals surface area contributed by atoms with Crippen molar-refractivity contribution in [2.24, 2.45) is 0 Å². The molecule has 0 spiro atoms. The number of piperazine rings is 1. The first-order valence-corrected chi connectivity index (χ1v) is 10.9. The number of aromatic nitrogens is 1. The average molecular weight is 495 g/mol. The quantitative estimate of drug-likeness (QED) is 0.498. The van der Waals surface area contributed by atoms with Gasteiger partial charge in [0.1, 0.15) is 11.6 Å². The van der Waals surface area contributed by atoms with Crippen LogP contribution in [0.25, 0.3) is 10.2 Å².